The first-order valence-corrected chi connectivity index (χ1v) is 12.1. The fourth-order valence-electron chi connectivity index (χ4n) is 4.37. The number of ether oxygens (including phenoxy) is 1. The Balaban J connectivity index is 1.62. The van der Waals surface area contributed by atoms with Crippen LogP contribution in [0.5, 0.6) is 5.75 Å². The largest absolute Gasteiger partial charge is 0.497 e. The van der Waals surface area contributed by atoms with E-state index in [1.807, 2.05) is 64.1 Å². The van der Waals surface area contributed by atoms with Crippen LogP contribution in [0.4, 0.5) is 0 Å². The highest BCUT2D eigenvalue weighted by Crippen LogP contribution is 2.29. The number of aryl methyl sites for hydroxylation is 3. The number of amides is 1. The van der Waals surface area contributed by atoms with E-state index < -0.39 is 10.0 Å². The van der Waals surface area contributed by atoms with Gasteiger partial charge in [0.25, 0.3) is 0 Å². The summed E-state index contributed by atoms with van der Waals surface area (Å²) in [5.41, 5.74) is 3.59. The highest BCUT2D eigenvalue weighted by molar-refractivity contribution is 7.89. The average Bonchev–Trinajstić information content (AvgIpc) is 2.72. The number of hydrogen-bond donors (Lipinski definition) is 1. The van der Waals surface area contributed by atoms with E-state index >= 15 is 0 Å². The Hall–Kier alpha value is -2.38. The predicted molar refractivity (Wildman–Crippen MR) is 122 cm³/mol. The molecule has 1 atom stereocenters. The second-order valence-electron chi connectivity index (χ2n) is 8.41. The summed E-state index contributed by atoms with van der Waals surface area (Å²) in [6.07, 6.45) is 1.04. The molecule has 0 spiro atoms. The fourth-order valence-corrected chi connectivity index (χ4v) is 6.25. The van der Waals surface area contributed by atoms with E-state index in [1.54, 1.807) is 7.11 Å². The second kappa shape index (κ2) is 9.40. The standard InChI is InChI=1S/C24H32N2O4S/c1-16-14-17(2)23(18(3)15-16)31(28,29)26-12-10-21(11-13-26)24(27)25-19(4)20-6-8-22(30-5)9-7-20/h6-9,14-15,19,21H,10-13H2,1-5H3,(H,25,27). The minimum absolute atomic E-state index is 0.0249. The zero-order valence-electron chi connectivity index (χ0n) is 18.9. The Morgan fingerprint density at radius 3 is 2.13 bits per heavy atom. The van der Waals surface area contributed by atoms with Gasteiger partial charge in [-0.25, -0.2) is 8.42 Å². The van der Waals surface area contributed by atoms with Crippen LogP contribution in [0.1, 0.15) is 48.1 Å². The Bertz CT molecular complexity index is 1020. The predicted octanol–water partition coefficient (Wildman–Crippen LogP) is 3.90. The van der Waals surface area contributed by atoms with Crippen molar-refractivity contribution in [3.05, 3.63) is 58.7 Å². The zero-order valence-corrected chi connectivity index (χ0v) is 19.8. The maximum Gasteiger partial charge on any atom is 0.243 e. The molecule has 0 bridgehead atoms. The maximum atomic E-state index is 13.2. The van der Waals surface area contributed by atoms with Gasteiger partial charge in [0.05, 0.1) is 18.0 Å². The molecule has 1 unspecified atom stereocenters. The van der Waals surface area contributed by atoms with Crippen molar-refractivity contribution < 1.29 is 17.9 Å². The van der Waals surface area contributed by atoms with Crippen molar-refractivity contribution in [2.24, 2.45) is 5.92 Å². The van der Waals surface area contributed by atoms with Gasteiger partial charge in [-0.15, -0.1) is 0 Å². The van der Waals surface area contributed by atoms with Gasteiger partial charge in [0.1, 0.15) is 5.75 Å². The molecule has 1 aliphatic heterocycles. The van der Waals surface area contributed by atoms with Crippen LogP contribution in [0.15, 0.2) is 41.3 Å². The molecule has 1 saturated heterocycles. The second-order valence-corrected chi connectivity index (χ2v) is 10.3. The third-order valence-electron chi connectivity index (χ3n) is 6.00. The summed E-state index contributed by atoms with van der Waals surface area (Å²) in [5, 5.41) is 3.07. The monoisotopic (exact) mass is 444 g/mol. The summed E-state index contributed by atoms with van der Waals surface area (Å²) in [6.45, 7) is 8.30. The van der Waals surface area contributed by atoms with E-state index in [4.69, 9.17) is 4.74 Å². The van der Waals surface area contributed by atoms with Crippen molar-refractivity contribution in [2.75, 3.05) is 20.2 Å². The lowest BCUT2D eigenvalue weighted by Crippen LogP contribution is -2.43. The van der Waals surface area contributed by atoms with Gasteiger partial charge in [-0.2, -0.15) is 4.31 Å². The van der Waals surface area contributed by atoms with Crippen LogP contribution in [-0.4, -0.2) is 38.8 Å². The van der Waals surface area contributed by atoms with Crippen molar-refractivity contribution in [3.8, 4) is 5.75 Å². The lowest BCUT2D eigenvalue weighted by Gasteiger charge is -2.32. The third-order valence-corrected chi connectivity index (χ3v) is 8.21. The van der Waals surface area contributed by atoms with E-state index in [0.717, 1.165) is 28.0 Å². The zero-order chi connectivity index (χ0) is 22.8. The number of methoxy groups -OCH3 is 1. The first-order chi connectivity index (χ1) is 14.6. The first-order valence-electron chi connectivity index (χ1n) is 10.7. The molecule has 168 valence electrons. The van der Waals surface area contributed by atoms with Crippen LogP contribution in [0.2, 0.25) is 0 Å². The summed E-state index contributed by atoms with van der Waals surface area (Å²) in [6, 6.07) is 11.3. The summed E-state index contributed by atoms with van der Waals surface area (Å²) in [5.74, 6) is 0.560. The quantitative estimate of drug-likeness (QED) is 0.733. The normalized spacial score (nSPS) is 16.7. The van der Waals surface area contributed by atoms with Crippen molar-refractivity contribution >= 4 is 15.9 Å². The summed E-state index contributed by atoms with van der Waals surface area (Å²) in [7, 11) is -1.95. The van der Waals surface area contributed by atoms with Gasteiger partial charge in [0, 0.05) is 19.0 Å². The number of rotatable bonds is 6. The van der Waals surface area contributed by atoms with Gasteiger partial charge in [-0.3, -0.25) is 4.79 Å². The molecule has 31 heavy (non-hydrogen) atoms. The number of carbonyl (C=O) groups excluding carboxylic acids is 1. The lowest BCUT2D eigenvalue weighted by molar-refractivity contribution is -0.126. The van der Waals surface area contributed by atoms with Crippen LogP contribution in [0.3, 0.4) is 0 Å². The van der Waals surface area contributed by atoms with E-state index in [0.29, 0.717) is 30.8 Å². The van der Waals surface area contributed by atoms with Gasteiger partial charge in [-0.05, 0) is 69.4 Å². The Kier molecular flexibility index (Phi) is 7.06. The molecule has 0 saturated carbocycles. The molecule has 0 radical (unpaired) electrons. The number of sulfonamides is 1. The molecule has 2 aromatic carbocycles. The molecule has 1 N–H and O–H groups in total. The number of benzene rings is 2. The van der Waals surface area contributed by atoms with Crippen molar-refractivity contribution in [3.63, 3.8) is 0 Å². The van der Waals surface area contributed by atoms with E-state index in [-0.39, 0.29) is 17.9 Å². The van der Waals surface area contributed by atoms with Gasteiger partial charge in [-0.1, -0.05) is 29.8 Å². The molecule has 1 fully saturated rings. The van der Waals surface area contributed by atoms with Crippen LogP contribution in [0.25, 0.3) is 0 Å². The van der Waals surface area contributed by atoms with E-state index in [2.05, 4.69) is 5.32 Å². The molecule has 6 nitrogen and oxygen atoms in total. The molecule has 1 heterocycles. The molecule has 7 heteroatoms. The fraction of sp³-hybridized carbons (Fsp3) is 0.458. The van der Waals surface area contributed by atoms with Crippen molar-refractivity contribution in [1.82, 2.24) is 9.62 Å². The molecule has 2 aromatic rings. The summed E-state index contributed by atoms with van der Waals surface area (Å²) >= 11 is 0. The number of piperidine rings is 1. The minimum atomic E-state index is -3.57. The van der Waals surface area contributed by atoms with Gasteiger partial charge in [0.15, 0.2) is 0 Å². The van der Waals surface area contributed by atoms with Gasteiger partial charge < -0.3 is 10.1 Å². The van der Waals surface area contributed by atoms with E-state index in [9.17, 15) is 13.2 Å². The Labute approximate surface area is 185 Å². The van der Waals surface area contributed by atoms with Crippen LogP contribution in [0, 0.1) is 26.7 Å². The average molecular weight is 445 g/mol. The Morgan fingerprint density at radius 2 is 1.61 bits per heavy atom. The molecule has 0 aromatic heterocycles. The number of carbonyl (C=O) groups is 1. The van der Waals surface area contributed by atoms with Crippen molar-refractivity contribution in [2.45, 2.75) is 51.5 Å². The summed E-state index contributed by atoms with van der Waals surface area (Å²) < 4.78 is 33.2. The number of nitrogens with one attached hydrogen (secondary N) is 1. The minimum Gasteiger partial charge on any atom is -0.497 e. The van der Waals surface area contributed by atoms with Gasteiger partial charge in [0.2, 0.25) is 15.9 Å². The summed E-state index contributed by atoms with van der Waals surface area (Å²) in [4.78, 5) is 13.2. The van der Waals surface area contributed by atoms with Gasteiger partial charge >= 0.3 is 0 Å². The van der Waals surface area contributed by atoms with Crippen LogP contribution >= 0.6 is 0 Å². The van der Waals surface area contributed by atoms with Crippen molar-refractivity contribution in [1.29, 1.82) is 0 Å². The topological polar surface area (TPSA) is 75.7 Å². The SMILES string of the molecule is COc1ccc(C(C)NC(=O)C2CCN(S(=O)(=O)c3c(C)cc(C)cc3C)CC2)cc1. The highest BCUT2D eigenvalue weighted by atomic mass is 32.2. The third kappa shape index (κ3) is 5.10. The molecular weight excluding hydrogens is 412 g/mol. The molecule has 3 rings (SSSR count). The Morgan fingerprint density at radius 1 is 1.06 bits per heavy atom. The lowest BCUT2D eigenvalue weighted by atomic mass is 9.96. The molecule has 0 aliphatic carbocycles. The van der Waals surface area contributed by atoms with Crippen LogP contribution < -0.4 is 10.1 Å². The number of hydrogen-bond acceptors (Lipinski definition) is 4. The highest BCUT2D eigenvalue weighted by Gasteiger charge is 2.34. The molecule has 1 aliphatic rings. The van der Waals surface area contributed by atoms with Crippen LogP contribution in [-0.2, 0) is 14.8 Å². The smallest absolute Gasteiger partial charge is 0.243 e. The molecular formula is C24H32N2O4S. The first kappa shape index (κ1) is 23.3. The molecule has 1 amide bonds. The maximum absolute atomic E-state index is 13.2. The van der Waals surface area contributed by atoms with E-state index in [1.165, 1.54) is 4.31 Å². The number of nitrogens with zero attached hydrogens (tertiary/aromatic N) is 1.